The fourth-order valence-corrected chi connectivity index (χ4v) is 3.62. The minimum atomic E-state index is -0.471. The van der Waals surface area contributed by atoms with Gasteiger partial charge in [0.1, 0.15) is 0 Å². The molecular weight excluding hydrogens is 326 g/mol. The molecule has 2 aromatic carbocycles. The monoisotopic (exact) mass is 351 g/mol. The molecule has 1 aliphatic rings. The van der Waals surface area contributed by atoms with Crippen LogP contribution in [0.5, 0.6) is 0 Å². The van der Waals surface area contributed by atoms with E-state index in [4.69, 9.17) is 0 Å². The molecule has 0 saturated heterocycles. The van der Waals surface area contributed by atoms with Gasteiger partial charge in [0.2, 0.25) is 5.91 Å². The van der Waals surface area contributed by atoms with Gasteiger partial charge in [-0.1, -0.05) is 35.4 Å². The molecule has 1 aliphatic heterocycles. The summed E-state index contributed by atoms with van der Waals surface area (Å²) in [6, 6.07) is 10.1. The first-order chi connectivity index (χ1) is 12.3. The van der Waals surface area contributed by atoms with E-state index < -0.39 is 5.92 Å². The highest BCUT2D eigenvalue weighted by Crippen LogP contribution is 2.42. The van der Waals surface area contributed by atoms with Crippen LogP contribution in [-0.2, 0) is 9.59 Å². The molecule has 1 unspecified atom stereocenters. The maximum absolute atomic E-state index is 13.1. The lowest BCUT2D eigenvalue weighted by Gasteiger charge is -2.23. The van der Waals surface area contributed by atoms with E-state index in [0.29, 0.717) is 0 Å². The Morgan fingerprint density at radius 3 is 2.38 bits per heavy atom. The van der Waals surface area contributed by atoms with Gasteiger partial charge >= 0.3 is 0 Å². The zero-order valence-electron chi connectivity index (χ0n) is 15.9. The molecule has 0 fully saturated rings. The second kappa shape index (κ2) is 6.83. The van der Waals surface area contributed by atoms with Crippen LogP contribution in [0.4, 0.5) is 11.4 Å². The number of benzene rings is 2. The standard InChI is InChI=1S/C21H25N3O2/c1-12-6-7-18(14(3)8-12)23-24-20-15(4)9-13(2)10-16(20)17(21(24)26)11-19(25)22-5/h6-10,17,23H,11H2,1-5H3,(H,22,25). The van der Waals surface area contributed by atoms with E-state index in [0.717, 1.165) is 33.6 Å². The van der Waals surface area contributed by atoms with E-state index in [1.807, 2.05) is 45.9 Å². The summed E-state index contributed by atoms with van der Waals surface area (Å²) in [7, 11) is 1.59. The van der Waals surface area contributed by atoms with Gasteiger partial charge in [0.05, 0.1) is 17.3 Å². The van der Waals surface area contributed by atoms with E-state index >= 15 is 0 Å². The summed E-state index contributed by atoms with van der Waals surface area (Å²) in [5.74, 6) is -0.707. The molecule has 5 heteroatoms. The lowest BCUT2D eigenvalue weighted by atomic mass is 9.94. The molecule has 2 N–H and O–H groups in total. The van der Waals surface area contributed by atoms with Crippen LogP contribution in [0.3, 0.4) is 0 Å². The number of aryl methyl sites for hydroxylation is 4. The molecule has 0 aromatic heterocycles. The van der Waals surface area contributed by atoms with Gasteiger partial charge in [0.25, 0.3) is 5.91 Å². The van der Waals surface area contributed by atoms with Gasteiger partial charge < -0.3 is 5.32 Å². The van der Waals surface area contributed by atoms with Crippen LogP contribution >= 0.6 is 0 Å². The number of carbonyl (C=O) groups excluding carboxylic acids is 2. The predicted octanol–water partition coefficient (Wildman–Crippen LogP) is 3.51. The highest BCUT2D eigenvalue weighted by atomic mass is 16.2. The lowest BCUT2D eigenvalue weighted by molar-refractivity contribution is -0.125. The van der Waals surface area contributed by atoms with Gasteiger partial charge in [-0.15, -0.1) is 0 Å². The van der Waals surface area contributed by atoms with Crippen molar-refractivity contribution in [2.24, 2.45) is 0 Å². The van der Waals surface area contributed by atoms with E-state index in [-0.39, 0.29) is 18.2 Å². The number of hydrogen-bond donors (Lipinski definition) is 2. The number of rotatable bonds is 4. The molecule has 0 aliphatic carbocycles. The Labute approximate surface area is 154 Å². The van der Waals surface area contributed by atoms with Crippen molar-refractivity contribution < 1.29 is 9.59 Å². The number of anilines is 2. The van der Waals surface area contributed by atoms with E-state index in [2.05, 4.69) is 22.9 Å². The Kier molecular flexibility index (Phi) is 4.72. The zero-order chi connectivity index (χ0) is 19.0. The fraction of sp³-hybridized carbons (Fsp3) is 0.333. The average molecular weight is 351 g/mol. The van der Waals surface area contributed by atoms with Crippen LogP contribution < -0.4 is 15.8 Å². The highest BCUT2D eigenvalue weighted by Gasteiger charge is 2.40. The van der Waals surface area contributed by atoms with Crippen molar-refractivity contribution in [3.05, 3.63) is 58.1 Å². The fourth-order valence-electron chi connectivity index (χ4n) is 3.62. The number of nitrogens with zero attached hydrogens (tertiary/aromatic N) is 1. The SMILES string of the molecule is CNC(=O)CC1C(=O)N(Nc2ccc(C)cc2C)c2c(C)cc(C)cc21. The summed E-state index contributed by atoms with van der Waals surface area (Å²) in [5.41, 5.74) is 10.3. The van der Waals surface area contributed by atoms with Crippen molar-refractivity contribution in [2.45, 2.75) is 40.0 Å². The van der Waals surface area contributed by atoms with Crippen LogP contribution in [0.2, 0.25) is 0 Å². The van der Waals surface area contributed by atoms with E-state index in [1.165, 1.54) is 5.56 Å². The zero-order valence-corrected chi connectivity index (χ0v) is 15.9. The molecule has 0 radical (unpaired) electrons. The first-order valence-electron chi connectivity index (χ1n) is 8.81. The number of fused-ring (bicyclic) bond motifs is 1. The molecule has 1 heterocycles. The first-order valence-corrected chi connectivity index (χ1v) is 8.81. The van der Waals surface area contributed by atoms with Gasteiger partial charge in [-0.2, -0.15) is 0 Å². The lowest BCUT2D eigenvalue weighted by Crippen LogP contribution is -2.36. The summed E-state index contributed by atoms with van der Waals surface area (Å²) in [5, 5.41) is 4.23. The largest absolute Gasteiger partial charge is 0.359 e. The van der Waals surface area contributed by atoms with Crippen LogP contribution in [0, 0.1) is 27.7 Å². The van der Waals surface area contributed by atoms with E-state index in [1.54, 1.807) is 12.1 Å². The molecule has 3 rings (SSSR count). The summed E-state index contributed by atoms with van der Waals surface area (Å²) in [6.45, 7) is 8.06. The maximum Gasteiger partial charge on any atom is 0.253 e. The van der Waals surface area contributed by atoms with Crippen molar-refractivity contribution in [3.8, 4) is 0 Å². The summed E-state index contributed by atoms with van der Waals surface area (Å²) >= 11 is 0. The quantitative estimate of drug-likeness (QED) is 0.886. The van der Waals surface area contributed by atoms with Crippen molar-refractivity contribution in [1.82, 2.24) is 5.32 Å². The molecule has 2 amide bonds. The molecule has 0 bridgehead atoms. The third-order valence-electron chi connectivity index (χ3n) is 4.87. The average Bonchev–Trinajstić information content (AvgIpc) is 2.82. The minimum Gasteiger partial charge on any atom is -0.359 e. The molecule has 0 spiro atoms. The number of amides is 2. The molecule has 1 atom stereocenters. The van der Waals surface area contributed by atoms with Crippen molar-refractivity contribution in [1.29, 1.82) is 0 Å². The number of nitrogens with one attached hydrogen (secondary N) is 2. The Morgan fingerprint density at radius 2 is 1.73 bits per heavy atom. The minimum absolute atomic E-state index is 0.0997. The third-order valence-corrected chi connectivity index (χ3v) is 4.87. The third kappa shape index (κ3) is 3.17. The summed E-state index contributed by atoms with van der Waals surface area (Å²) in [4.78, 5) is 25.1. The summed E-state index contributed by atoms with van der Waals surface area (Å²) < 4.78 is 0. The van der Waals surface area contributed by atoms with Crippen molar-refractivity contribution in [2.75, 3.05) is 17.5 Å². The Balaban J connectivity index is 2.04. The molecule has 0 saturated carbocycles. The number of hydrazine groups is 1. The van der Waals surface area contributed by atoms with Gasteiger partial charge in [-0.25, -0.2) is 5.01 Å². The molecule has 136 valence electrons. The first kappa shape index (κ1) is 18.0. The Hall–Kier alpha value is -2.82. The number of carbonyl (C=O) groups is 2. The van der Waals surface area contributed by atoms with Gasteiger partial charge in [0, 0.05) is 13.5 Å². The van der Waals surface area contributed by atoms with Gasteiger partial charge in [0.15, 0.2) is 0 Å². The second-order valence-electron chi connectivity index (χ2n) is 7.05. The summed E-state index contributed by atoms with van der Waals surface area (Å²) in [6.07, 6.45) is 0.149. The van der Waals surface area contributed by atoms with Gasteiger partial charge in [-0.05, 0) is 50.5 Å². The topological polar surface area (TPSA) is 61.4 Å². The molecule has 5 nitrogen and oxygen atoms in total. The molecule has 26 heavy (non-hydrogen) atoms. The predicted molar refractivity (Wildman–Crippen MR) is 104 cm³/mol. The van der Waals surface area contributed by atoms with Crippen LogP contribution in [0.15, 0.2) is 30.3 Å². The van der Waals surface area contributed by atoms with Crippen LogP contribution in [0.1, 0.15) is 40.2 Å². The Bertz CT molecular complexity index is 889. The van der Waals surface area contributed by atoms with Gasteiger partial charge in [-0.3, -0.25) is 15.0 Å². The number of hydrogen-bond acceptors (Lipinski definition) is 3. The van der Waals surface area contributed by atoms with Crippen molar-refractivity contribution >= 4 is 23.2 Å². The smallest absolute Gasteiger partial charge is 0.253 e. The molecular formula is C21H25N3O2. The maximum atomic E-state index is 13.1. The normalized spacial score (nSPS) is 15.8. The van der Waals surface area contributed by atoms with Crippen LogP contribution in [0.25, 0.3) is 0 Å². The second-order valence-corrected chi connectivity index (χ2v) is 7.05. The van der Waals surface area contributed by atoms with E-state index in [9.17, 15) is 9.59 Å². The Morgan fingerprint density at radius 1 is 1.04 bits per heavy atom. The highest BCUT2D eigenvalue weighted by molar-refractivity contribution is 6.08. The molecule has 2 aromatic rings. The van der Waals surface area contributed by atoms with Crippen LogP contribution in [-0.4, -0.2) is 18.9 Å². The van der Waals surface area contributed by atoms with Crippen molar-refractivity contribution in [3.63, 3.8) is 0 Å².